The topological polar surface area (TPSA) is 71.1 Å². The Bertz CT molecular complexity index is 624. The van der Waals surface area contributed by atoms with Crippen LogP contribution in [0.4, 0.5) is 4.79 Å². The van der Waals surface area contributed by atoms with Crippen molar-refractivity contribution in [3.8, 4) is 5.75 Å². The van der Waals surface area contributed by atoms with Gasteiger partial charge in [0.05, 0.1) is 19.7 Å². The van der Waals surface area contributed by atoms with Crippen LogP contribution in [0.1, 0.15) is 20.3 Å². The predicted octanol–water partition coefficient (Wildman–Crippen LogP) is 2.64. The SMILES string of the molecule is CC(C)COC(=O)N1CCCN(CC(=O)NCCOc2ccc(Cl)cc2)CC1. The Hall–Kier alpha value is -1.99. The highest BCUT2D eigenvalue weighted by Gasteiger charge is 2.21. The number of carbonyl (C=O) groups is 2. The third kappa shape index (κ3) is 8.35. The Balaban J connectivity index is 1.62. The van der Waals surface area contributed by atoms with Crippen LogP contribution in [-0.2, 0) is 9.53 Å². The van der Waals surface area contributed by atoms with E-state index in [2.05, 4.69) is 10.2 Å². The first kappa shape index (κ1) is 22.3. The van der Waals surface area contributed by atoms with Gasteiger partial charge in [-0.2, -0.15) is 0 Å². The fourth-order valence-electron chi connectivity index (χ4n) is 2.79. The molecule has 28 heavy (non-hydrogen) atoms. The minimum atomic E-state index is -0.264. The van der Waals surface area contributed by atoms with Gasteiger partial charge in [0, 0.05) is 31.2 Å². The maximum Gasteiger partial charge on any atom is 0.409 e. The van der Waals surface area contributed by atoms with Crippen LogP contribution in [0.15, 0.2) is 24.3 Å². The van der Waals surface area contributed by atoms with Gasteiger partial charge >= 0.3 is 6.09 Å². The van der Waals surface area contributed by atoms with Crippen LogP contribution in [0.5, 0.6) is 5.75 Å². The Morgan fingerprint density at radius 3 is 2.61 bits per heavy atom. The molecule has 0 aromatic heterocycles. The van der Waals surface area contributed by atoms with Gasteiger partial charge < -0.3 is 19.7 Å². The van der Waals surface area contributed by atoms with E-state index in [0.717, 1.165) is 18.7 Å². The molecule has 8 heteroatoms. The van der Waals surface area contributed by atoms with Gasteiger partial charge in [-0.15, -0.1) is 0 Å². The van der Waals surface area contributed by atoms with Gasteiger partial charge in [-0.3, -0.25) is 9.69 Å². The van der Waals surface area contributed by atoms with Crippen molar-refractivity contribution in [1.82, 2.24) is 15.1 Å². The maximum atomic E-state index is 12.1. The molecule has 0 saturated carbocycles. The summed E-state index contributed by atoms with van der Waals surface area (Å²) in [6.45, 7) is 8.26. The molecule has 1 aliphatic heterocycles. The molecule has 156 valence electrons. The molecular weight excluding hydrogens is 382 g/mol. The highest BCUT2D eigenvalue weighted by Crippen LogP contribution is 2.15. The molecule has 1 aliphatic rings. The molecular formula is C20H30ClN3O4. The summed E-state index contributed by atoms with van der Waals surface area (Å²) in [4.78, 5) is 28.0. The molecule has 1 fully saturated rings. The number of benzene rings is 1. The summed E-state index contributed by atoms with van der Waals surface area (Å²) >= 11 is 5.83. The van der Waals surface area contributed by atoms with Crippen molar-refractivity contribution in [3.63, 3.8) is 0 Å². The highest BCUT2D eigenvalue weighted by molar-refractivity contribution is 6.30. The van der Waals surface area contributed by atoms with Crippen LogP contribution in [0, 0.1) is 5.92 Å². The molecule has 0 atom stereocenters. The van der Waals surface area contributed by atoms with Crippen molar-refractivity contribution in [2.45, 2.75) is 20.3 Å². The number of rotatable bonds is 8. The standard InChI is InChI=1S/C20H30ClN3O4/c1-16(2)15-28-20(26)24-10-3-9-23(11-12-24)14-19(25)22-8-13-27-18-6-4-17(21)5-7-18/h4-7,16H,3,8-15H2,1-2H3,(H,22,25). The van der Waals surface area contributed by atoms with Gasteiger partial charge in [0.15, 0.2) is 0 Å². The fraction of sp³-hybridized carbons (Fsp3) is 0.600. The maximum absolute atomic E-state index is 12.1. The third-order valence-electron chi connectivity index (χ3n) is 4.26. The van der Waals surface area contributed by atoms with Crippen molar-refractivity contribution >= 4 is 23.6 Å². The summed E-state index contributed by atoms with van der Waals surface area (Å²) in [6.07, 6.45) is 0.559. The van der Waals surface area contributed by atoms with E-state index in [9.17, 15) is 9.59 Å². The smallest absolute Gasteiger partial charge is 0.409 e. The molecule has 2 rings (SSSR count). The van der Waals surface area contributed by atoms with Crippen LogP contribution in [-0.4, -0.2) is 74.3 Å². The van der Waals surface area contributed by atoms with Crippen LogP contribution in [0.2, 0.25) is 5.02 Å². The first-order valence-corrected chi connectivity index (χ1v) is 10.1. The van der Waals surface area contributed by atoms with Crippen molar-refractivity contribution in [1.29, 1.82) is 0 Å². The van der Waals surface area contributed by atoms with Crippen molar-refractivity contribution in [2.75, 3.05) is 52.5 Å². The molecule has 0 unspecified atom stereocenters. The zero-order chi connectivity index (χ0) is 20.4. The zero-order valence-electron chi connectivity index (χ0n) is 16.7. The van der Waals surface area contributed by atoms with Crippen LogP contribution < -0.4 is 10.1 Å². The van der Waals surface area contributed by atoms with Crippen LogP contribution >= 0.6 is 11.6 Å². The molecule has 7 nitrogen and oxygen atoms in total. The number of hydrogen-bond donors (Lipinski definition) is 1. The lowest BCUT2D eigenvalue weighted by Gasteiger charge is -2.21. The normalized spacial score (nSPS) is 15.2. The summed E-state index contributed by atoms with van der Waals surface area (Å²) in [5.41, 5.74) is 0. The Morgan fingerprint density at radius 1 is 1.14 bits per heavy atom. The summed E-state index contributed by atoms with van der Waals surface area (Å²) < 4.78 is 10.8. The van der Waals surface area contributed by atoms with Crippen LogP contribution in [0.25, 0.3) is 0 Å². The molecule has 0 spiro atoms. The predicted molar refractivity (Wildman–Crippen MR) is 109 cm³/mol. The molecule has 0 radical (unpaired) electrons. The number of carbonyl (C=O) groups excluding carboxylic acids is 2. The highest BCUT2D eigenvalue weighted by atomic mass is 35.5. The molecule has 1 aromatic carbocycles. The number of amides is 2. The van der Waals surface area contributed by atoms with E-state index in [1.165, 1.54) is 0 Å². The van der Waals surface area contributed by atoms with Gasteiger partial charge in [-0.1, -0.05) is 25.4 Å². The quantitative estimate of drug-likeness (QED) is 0.666. The molecule has 1 aromatic rings. The van der Waals surface area contributed by atoms with E-state index >= 15 is 0 Å². The van der Waals surface area contributed by atoms with Gasteiger partial charge in [0.25, 0.3) is 0 Å². The second-order valence-corrected chi connectivity index (χ2v) is 7.68. The van der Waals surface area contributed by atoms with Gasteiger partial charge in [-0.05, 0) is 36.6 Å². The van der Waals surface area contributed by atoms with Crippen molar-refractivity contribution in [3.05, 3.63) is 29.3 Å². The Kier molecular flexibility index (Phi) is 9.37. The molecule has 1 N–H and O–H groups in total. The molecule has 0 bridgehead atoms. The van der Waals surface area contributed by atoms with Gasteiger partial charge in [0.2, 0.25) is 5.91 Å². The van der Waals surface area contributed by atoms with Gasteiger partial charge in [0.1, 0.15) is 12.4 Å². The average Bonchev–Trinajstić information content (AvgIpc) is 2.90. The molecule has 1 heterocycles. The first-order valence-electron chi connectivity index (χ1n) is 9.73. The lowest BCUT2D eigenvalue weighted by Crippen LogP contribution is -2.41. The number of nitrogens with one attached hydrogen (secondary N) is 1. The zero-order valence-corrected chi connectivity index (χ0v) is 17.4. The van der Waals surface area contributed by atoms with E-state index in [1.54, 1.807) is 29.2 Å². The van der Waals surface area contributed by atoms with E-state index in [-0.39, 0.29) is 12.0 Å². The summed E-state index contributed by atoms with van der Waals surface area (Å²) in [5, 5.41) is 3.52. The summed E-state index contributed by atoms with van der Waals surface area (Å²) in [6, 6.07) is 7.10. The van der Waals surface area contributed by atoms with E-state index < -0.39 is 0 Å². The fourth-order valence-corrected chi connectivity index (χ4v) is 2.92. The average molecular weight is 412 g/mol. The molecule has 1 saturated heterocycles. The Morgan fingerprint density at radius 2 is 1.89 bits per heavy atom. The number of hydrogen-bond acceptors (Lipinski definition) is 5. The molecule has 0 aliphatic carbocycles. The lowest BCUT2D eigenvalue weighted by atomic mass is 10.2. The van der Waals surface area contributed by atoms with Crippen molar-refractivity contribution < 1.29 is 19.1 Å². The van der Waals surface area contributed by atoms with E-state index in [4.69, 9.17) is 21.1 Å². The monoisotopic (exact) mass is 411 g/mol. The Labute approximate surface area is 171 Å². The number of nitrogens with zero attached hydrogens (tertiary/aromatic N) is 2. The lowest BCUT2D eigenvalue weighted by molar-refractivity contribution is -0.122. The van der Waals surface area contributed by atoms with E-state index in [0.29, 0.717) is 56.9 Å². The minimum Gasteiger partial charge on any atom is -0.492 e. The van der Waals surface area contributed by atoms with Crippen LogP contribution in [0.3, 0.4) is 0 Å². The minimum absolute atomic E-state index is 0.0458. The first-order chi connectivity index (χ1) is 13.4. The summed E-state index contributed by atoms with van der Waals surface area (Å²) in [7, 11) is 0. The second kappa shape index (κ2) is 11.8. The van der Waals surface area contributed by atoms with Gasteiger partial charge in [-0.25, -0.2) is 4.79 Å². The summed E-state index contributed by atoms with van der Waals surface area (Å²) in [5.74, 6) is 0.992. The molecule has 2 amide bonds. The van der Waals surface area contributed by atoms with E-state index in [1.807, 2.05) is 13.8 Å². The largest absolute Gasteiger partial charge is 0.492 e. The van der Waals surface area contributed by atoms with Crippen molar-refractivity contribution in [2.24, 2.45) is 5.92 Å². The second-order valence-electron chi connectivity index (χ2n) is 7.24. The number of halogens is 1. The third-order valence-corrected chi connectivity index (χ3v) is 4.51. The number of ether oxygens (including phenoxy) is 2.